The van der Waals surface area contributed by atoms with Crippen molar-refractivity contribution in [2.45, 2.75) is 50.2 Å². The lowest BCUT2D eigenvalue weighted by Gasteiger charge is -2.39. The zero-order chi connectivity index (χ0) is 18.7. The van der Waals surface area contributed by atoms with Gasteiger partial charge in [-0.1, -0.05) is 0 Å². The van der Waals surface area contributed by atoms with Crippen LogP contribution in [0.2, 0.25) is 0 Å². The Bertz CT molecular complexity index is 994. The summed E-state index contributed by atoms with van der Waals surface area (Å²) in [5.74, 6) is -1.71. The molecule has 4 heterocycles. The van der Waals surface area contributed by atoms with Crippen LogP contribution < -0.4 is 15.6 Å². The van der Waals surface area contributed by atoms with Gasteiger partial charge in [-0.05, 0) is 44.2 Å². The van der Waals surface area contributed by atoms with E-state index in [0.717, 1.165) is 45.2 Å². The Labute approximate surface area is 155 Å². The maximum Gasteiger partial charge on any atom is 0.341 e. The zero-order valence-electron chi connectivity index (χ0n) is 14.9. The van der Waals surface area contributed by atoms with Crippen LogP contribution in [0, 0.1) is 5.82 Å². The number of piperazine rings is 1. The van der Waals surface area contributed by atoms with Crippen molar-refractivity contribution >= 4 is 22.6 Å². The average molecular weight is 371 g/mol. The fraction of sp³-hybridized carbons (Fsp3) is 0.500. The Morgan fingerprint density at radius 3 is 2.74 bits per heavy atom. The third-order valence-electron chi connectivity index (χ3n) is 6.17. The number of aromatic carboxylic acids is 1. The van der Waals surface area contributed by atoms with Crippen molar-refractivity contribution in [3.05, 3.63) is 39.9 Å². The highest BCUT2D eigenvalue weighted by molar-refractivity contribution is 5.93. The predicted octanol–water partition coefficient (Wildman–Crippen LogP) is 2.50. The standard InChI is InChI=1S/C20H22FN3O3/c21-16-6-14-17(24(12-4-5-12)10-15(19(14)25)20(26)27)7-18(16)23-9-11-2-1-3-13(23)8-22-11/h6-7,10-13,22H,1-5,8-9H2,(H,26,27)/t11-,13-/m0/s1. The molecule has 0 unspecified atom stereocenters. The Kier molecular flexibility index (Phi) is 3.75. The topological polar surface area (TPSA) is 74.6 Å². The SMILES string of the molecule is O=C(O)c1cn(C2CC2)c2cc(N3C[C@@H]4CCC[C@H]3CN4)c(F)cc2c1=O. The van der Waals surface area contributed by atoms with E-state index in [2.05, 4.69) is 10.2 Å². The lowest BCUT2D eigenvalue weighted by molar-refractivity contribution is 0.0695. The van der Waals surface area contributed by atoms with E-state index in [1.807, 2.05) is 4.57 Å². The lowest BCUT2D eigenvalue weighted by atomic mass is 10.1. The molecular weight excluding hydrogens is 349 g/mol. The molecule has 142 valence electrons. The van der Waals surface area contributed by atoms with Gasteiger partial charge in [0.05, 0.1) is 11.2 Å². The van der Waals surface area contributed by atoms with Gasteiger partial charge in [-0.3, -0.25) is 4.79 Å². The van der Waals surface area contributed by atoms with E-state index in [1.165, 1.54) is 12.3 Å². The van der Waals surface area contributed by atoms with E-state index in [4.69, 9.17) is 0 Å². The molecule has 6 rings (SSSR count). The van der Waals surface area contributed by atoms with E-state index < -0.39 is 17.2 Å². The number of carboxylic acids is 1. The molecule has 2 atom stereocenters. The smallest absolute Gasteiger partial charge is 0.341 e. The van der Waals surface area contributed by atoms with Crippen LogP contribution in [-0.2, 0) is 0 Å². The molecule has 1 aromatic heterocycles. The molecule has 0 amide bonds. The Hall–Kier alpha value is -2.41. The number of carbonyl (C=O) groups is 1. The van der Waals surface area contributed by atoms with Crippen molar-refractivity contribution in [1.82, 2.24) is 9.88 Å². The monoisotopic (exact) mass is 371 g/mol. The van der Waals surface area contributed by atoms with Crippen LogP contribution in [0.1, 0.15) is 48.5 Å². The first kappa shape index (κ1) is 16.7. The summed E-state index contributed by atoms with van der Waals surface area (Å²) in [6.07, 6.45) is 6.57. The van der Waals surface area contributed by atoms with Gasteiger partial charge in [-0.2, -0.15) is 0 Å². The van der Waals surface area contributed by atoms with E-state index in [0.29, 0.717) is 17.2 Å². The molecule has 6 nitrogen and oxygen atoms in total. The fourth-order valence-electron chi connectivity index (χ4n) is 4.60. The van der Waals surface area contributed by atoms with Gasteiger partial charge in [0.1, 0.15) is 11.4 Å². The van der Waals surface area contributed by atoms with Crippen molar-refractivity contribution in [1.29, 1.82) is 0 Å². The molecule has 2 aromatic rings. The maximum absolute atomic E-state index is 15.1. The first-order valence-electron chi connectivity index (χ1n) is 9.64. The molecular formula is C20H22FN3O3. The molecule has 1 aromatic carbocycles. The third kappa shape index (κ3) is 2.72. The lowest BCUT2D eigenvalue weighted by Crippen LogP contribution is -2.54. The Morgan fingerprint density at radius 1 is 1.19 bits per heavy atom. The van der Waals surface area contributed by atoms with Crippen molar-refractivity contribution in [3.8, 4) is 0 Å². The largest absolute Gasteiger partial charge is 0.477 e. The van der Waals surface area contributed by atoms with Crippen LogP contribution in [0.3, 0.4) is 0 Å². The predicted molar refractivity (Wildman–Crippen MR) is 100 cm³/mol. The van der Waals surface area contributed by atoms with E-state index >= 15 is 4.39 Å². The minimum atomic E-state index is -1.27. The van der Waals surface area contributed by atoms with Crippen molar-refractivity contribution in [2.75, 3.05) is 18.0 Å². The van der Waals surface area contributed by atoms with Crippen molar-refractivity contribution in [2.24, 2.45) is 0 Å². The highest BCUT2D eigenvalue weighted by Crippen LogP contribution is 2.39. The summed E-state index contributed by atoms with van der Waals surface area (Å²) in [5.41, 5.74) is 0.258. The second kappa shape index (κ2) is 6.05. The molecule has 4 fully saturated rings. The van der Waals surface area contributed by atoms with Gasteiger partial charge < -0.3 is 19.9 Å². The molecule has 1 aliphatic carbocycles. The van der Waals surface area contributed by atoms with E-state index in [9.17, 15) is 14.7 Å². The van der Waals surface area contributed by atoms with Gasteiger partial charge in [0.2, 0.25) is 5.43 Å². The summed E-state index contributed by atoms with van der Waals surface area (Å²) < 4.78 is 16.9. The van der Waals surface area contributed by atoms with Crippen LogP contribution in [0.4, 0.5) is 10.1 Å². The Balaban J connectivity index is 1.70. The third-order valence-corrected chi connectivity index (χ3v) is 6.17. The van der Waals surface area contributed by atoms with E-state index in [1.54, 1.807) is 6.07 Å². The maximum atomic E-state index is 15.1. The van der Waals surface area contributed by atoms with E-state index in [-0.39, 0.29) is 23.0 Å². The van der Waals surface area contributed by atoms with Crippen LogP contribution >= 0.6 is 0 Å². The molecule has 1 saturated carbocycles. The molecule has 0 radical (unpaired) electrons. The molecule has 4 aliphatic rings. The van der Waals surface area contributed by atoms with Gasteiger partial charge in [0, 0.05) is 42.8 Å². The van der Waals surface area contributed by atoms with Crippen LogP contribution in [0.5, 0.6) is 0 Å². The number of hydrogen-bond donors (Lipinski definition) is 2. The summed E-state index contributed by atoms with van der Waals surface area (Å²) >= 11 is 0. The number of rotatable bonds is 3. The number of fused-ring (bicyclic) bond motifs is 5. The number of pyridine rings is 1. The number of aromatic nitrogens is 1. The first-order chi connectivity index (χ1) is 13.0. The van der Waals surface area contributed by atoms with Crippen molar-refractivity contribution < 1.29 is 14.3 Å². The van der Waals surface area contributed by atoms with Crippen LogP contribution in [-0.4, -0.2) is 40.8 Å². The number of anilines is 1. The highest BCUT2D eigenvalue weighted by atomic mass is 19.1. The molecule has 27 heavy (non-hydrogen) atoms. The molecule has 2 bridgehead atoms. The van der Waals surface area contributed by atoms with Gasteiger partial charge >= 0.3 is 5.97 Å². The van der Waals surface area contributed by atoms with Crippen molar-refractivity contribution in [3.63, 3.8) is 0 Å². The Morgan fingerprint density at radius 2 is 2.00 bits per heavy atom. The van der Waals surface area contributed by atoms with Gasteiger partial charge in [-0.15, -0.1) is 0 Å². The summed E-state index contributed by atoms with van der Waals surface area (Å²) in [6.45, 7) is 1.60. The summed E-state index contributed by atoms with van der Waals surface area (Å²) in [5, 5.41) is 13.0. The van der Waals surface area contributed by atoms with Gasteiger partial charge in [0.25, 0.3) is 0 Å². The highest BCUT2D eigenvalue weighted by Gasteiger charge is 2.33. The minimum Gasteiger partial charge on any atom is -0.477 e. The molecule has 3 saturated heterocycles. The number of nitrogens with zero attached hydrogens (tertiary/aromatic N) is 2. The molecule has 2 N–H and O–H groups in total. The second-order valence-corrected chi connectivity index (χ2v) is 7.98. The average Bonchev–Trinajstić information content (AvgIpc) is 3.49. The number of carboxylic acid groups (broad SMARTS) is 1. The summed E-state index contributed by atoms with van der Waals surface area (Å²) in [6, 6.07) is 3.79. The van der Waals surface area contributed by atoms with Gasteiger partial charge in [-0.25, -0.2) is 9.18 Å². The normalized spacial score (nSPS) is 25.0. The second-order valence-electron chi connectivity index (χ2n) is 7.98. The molecule has 7 heteroatoms. The number of hydrogen-bond acceptors (Lipinski definition) is 4. The number of nitrogens with one attached hydrogen (secondary N) is 1. The fourth-order valence-corrected chi connectivity index (χ4v) is 4.60. The first-order valence-corrected chi connectivity index (χ1v) is 9.64. The zero-order valence-corrected chi connectivity index (χ0v) is 14.9. The minimum absolute atomic E-state index is 0.154. The molecule has 3 aliphatic heterocycles. The van der Waals surface area contributed by atoms with Gasteiger partial charge in [0.15, 0.2) is 0 Å². The van der Waals surface area contributed by atoms with Crippen LogP contribution in [0.25, 0.3) is 10.9 Å². The summed E-state index contributed by atoms with van der Waals surface area (Å²) in [4.78, 5) is 26.2. The summed E-state index contributed by atoms with van der Waals surface area (Å²) in [7, 11) is 0. The molecule has 0 spiro atoms. The quantitative estimate of drug-likeness (QED) is 0.867. The number of benzene rings is 1. The van der Waals surface area contributed by atoms with Crippen LogP contribution in [0.15, 0.2) is 23.1 Å². The number of halogens is 1.